The minimum absolute atomic E-state index is 0.0481. The third kappa shape index (κ3) is 3.57. The summed E-state index contributed by atoms with van der Waals surface area (Å²) in [5.74, 6) is -0.306. The summed E-state index contributed by atoms with van der Waals surface area (Å²) < 4.78 is 1.81. The smallest absolute Gasteiger partial charge is 0.256 e. The minimum Gasteiger partial charge on any atom is -0.322 e. The van der Waals surface area contributed by atoms with Gasteiger partial charge in [-0.25, -0.2) is 9.67 Å². The van der Waals surface area contributed by atoms with Crippen molar-refractivity contribution in [2.75, 3.05) is 5.32 Å². The number of benzene rings is 1. The first-order chi connectivity index (χ1) is 13.5. The number of hydrogen-bond donors (Lipinski definition) is 1. The van der Waals surface area contributed by atoms with Crippen molar-refractivity contribution < 1.29 is 9.59 Å². The molecular formula is C21H18N4O2S. The van der Waals surface area contributed by atoms with Gasteiger partial charge in [-0.2, -0.15) is 5.10 Å². The molecule has 0 unspecified atom stereocenters. The molecule has 4 rings (SSSR count). The highest BCUT2D eigenvalue weighted by Gasteiger charge is 2.16. The maximum atomic E-state index is 12.9. The second-order valence-corrected chi connectivity index (χ2v) is 7.55. The Labute approximate surface area is 165 Å². The van der Waals surface area contributed by atoms with Crippen molar-refractivity contribution in [1.82, 2.24) is 14.8 Å². The van der Waals surface area contributed by atoms with Gasteiger partial charge in [0.1, 0.15) is 0 Å². The summed E-state index contributed by atoms with van der Waals surface area (Å²) in [5, 5.41) is 10.0. The van der Waals surface area contributed by atoms with Crippen molar-refractivity contribution in [3.63, 3.8) is 0 Å². The van der Waals surface area contributed by atoms with Gasteiger partial charge in [0.2, 0.25) is 0 Å². The fourth-order valence-electron chi connectivity index (χ4n) is 3.04. The first-order valence-electron chi connectivity index (χ1n) is 8.79. The number of anilines is 1. The highest BCUT2D eigenvalue weighted by atomic mass is 32.1. The van der Waals surface area contributed by atoms with Crippen LogP contribution in [0.3, 0.4) is 0 Å². The van der Waals surface area contributed by atoms with Crippen LogP contribution in [0.15, 0.2) is 54.0 Å². The lowest BCUT2D eigenvalue weighted by molar-refractivity contribution is 0.101. The van der Waals surface area contributed by atoms with E-state index in [1.807, 2.05) is 24.4 Å². The number of nitrogens with zero attached hydrogens (tertiary/aromatic N) is 3. The molecule has 7 heteroatoms. The topological polar surface area (TPSA) is 76.9 Å². The van der Waals surface area contributed by atoms with E-state index in [0.29, 0.717) is 34.4 Å². The van der Waals surface area contributed by atoms with Crippen LogP contribution in [0.2, 0.25) is 0 Å². The van der Waals surface area contributed by atoms with Crippen molar-refractivity contribution >= 4 is 39.7 Å². The Morgan fingerprint density at radius 1 is 1.18 bits per heavy atom. The Morgan fingerprint density at radius 2 is 2.04 bits per heavy atom. The van der Waals surface area contributed by atoms with E-state index in [1.165, 1.54) is 11.8 Å². The molecule has 0 atom stereocenters. The maximum Gasteiger partial charge on any atom is 0.256 e. The molecule has 0 saturated carbocycles. The van der Waals surface area contributed by atoms with Crippen molar-refractivity contribution in [1.29, 1.82) is 0 Å². The van der Waals surface area contributed by atoms with Crippen LogP contribution in [0, 0.1) is 6.92 Å². The number of Topliss-reactive ketones (excluding diaryl/α,β-unsaturated/α-hetero) is 1. The number of aryl methyl sites for hydroxylation is 1. The molecule has 140 valence electrons. The molecular weight excluding hydrogens is 372 g/mol. The molecule has 3 heterocycles. The van der Waals surface area contributed by atoms with Crippen LogP contribution in [-0.2, 0) is 6.54 Å². The van der Waals surface area contributed by atoms with E-state index in [4.69, 9.17) is 0 Å². The van der Waals surface area contributed by atoms with Gasteiger partial charge < -0.3 is 5.32 Å². The number of rotatable bonds is 5. The van der Waals surface area contributed by atoms with Crippen molar-refractivity contribution in [2.24, 2.45) is 0 Å². The Bertz CT molecular complexity index is 1180. The molecule has 1 amide bonds. The van der Waals surface area contributed by atoms with Crippen LogP contribution in [0.5, 0.6) is 0 Å². The van der Waals surface area contributed by atoms with E-state index >= 15 is 0 Å². The van der Waals surface area contributed by atoms with Crippen LogP contribution in [0.1, 0.15) is 38.2 Å². The van der Waals surface area contributed by atoms with Crippen LogP contribution in [0.25, 0.3) is 11.0 Å². The standard InChI is InChI=1S/C21H18N4O2S/c1-13-9-18(21(27)24-16-6-3-5-15(10-16)14(2)26)19-11-22-25(20(19)23-13)12-17-7-4-8-28-17/h3-11H,12H2,1-2H3,(H,24,27). The molecule has 0 aliphatic carbocycles. The quantitative estimate of drug-likeness (QED) is 0.515. The zero-order valence-electron chi connectivity index (χ0n) is 15.5. The minimum atomic E-state index is -0.258. The number of thiophene rings is 1. The summed E-state index contributed by atoms with van der Waals surface area (Å²) in [5.41, 5.74) is 3.05. The summed E-state index contributed by atoms with van der Waals surface area (Å²) >= 11 is 1.65. The lowest BCUT2D eigenvalue weighted by Crippen LogP contribution is -2.13. The summed E-state index contributed by atoms with van der Waals surface area (Å²) in [4.78, 5) is 30.3. The highest BCUT2D eigenvalue weighted by Crippen LogP contribution is 2.22. The number of hydrogen-bond acceptors (Lipinski definition) is 5. The fourth-order valence-corrected chi connectivity index (χ4v) is 3.73. The second kappa shape index (κ2) is 7.36. The Morgan fingerprint density at radius 3 is 2.79 bits per heavy atom. The van der Waals surface area contributed by atoms with Gasteiger partial charge in [0.05, 0.1) is 23.7 Å². The molecule has 0 fully saturated rings. The van der Waals surface area contributed by atoms with Gasteiger partial charge in [-0.05, 0) is 43.5 Å². The zero-order chi connectivity index (χ0) is 19.7. The first kappa shape index (κ1) is 18.1. The number of carbonyl (C=O) groups is 2. The number of nitrogens with one attached hydrogen (secondary N) is 1. The fraction of sp³-hybridized carbons (Fsp3) is 0.143. The van der Waals surface area contributed by atoms with Gasteiger partial charge in [0.15, 0.2) is 11.4 Å². The largest absolute Gasteiger partial charge is 0.322 e. The van der Waals surface area contributed by atoms with E-state index in [2.05, 4.69) is 15.4 Å². The van der Waals surface area contributed by atoms with E-state index in [-0.39, 0.29) is 11.7 Å². The predicted molar refractivity (Wildman–Crippen MR) is 110 cm³/mol. The SMILES string of the molecule is CC(=O)c1cccc(NC(=O)c2cc(C)nc3c2cnn3Cc2cccs2)c1. The zero-order valence-corrected chi connectivity index (χ0v) is 16.3. The van der Waals surface area contributed by atoms with Gasteiger partial charge in [-0.3, -0.25) is 9.59 Å². The first-order valence-corrected chi connectivity index (χ1v) is 9.67. The summed E-state index contributed by atoms with van der Waals surface area (Å²) in [7, 11) is 0. The van der Waals surface area contributed by atoms with E-state index < -0.39 is 0 Å². The molecule has 1 N–H and O–H groups in total. The third-order valence-corrected chi connectivity index (χ3v) is 5.26. The Kier molecular flexibility index (Phi) is 4.75. The van der Waals surface area contributed by atoms with E-state index in [0.717, 1.165) is 5.69 Å². The van der Waals surface area contributed by atoms with Gasteiger partial charge in [-0.1, -0.05) is 18.2 Å². The van der Waals surface area contributed by atoms with Crippen LogP contribution in [-0.4, -0.2) is 26.5 Å². The lowest BCUT2D eigenvalue weighted by atomic mass is 10.1. The molecule has 0 aliphatic rings. The molecule has 0 spiro atoms. The Hall–Kier alpha value is -3.32. The van der Waals surface area contributed by atoms with Crippen molar-refractivity contribution in [3.8, 4) is 0 Å². The number of carbonyl (C=O) groups excluding carboxylic acids is 2. The van der Waals surface area contributed by atoms with Gasteiger partial charge in [0.25, 0.3) is 5.91 Å². The molecule has 0 bridgehead atoms. The molecule has 0 aliphatic heterocycles. The number of aromatic nitrogens is 3. The lowest BCUT2D eigenvalue weighted by Gasteiger charge is -2.09. The second-order valence-electron chi connectivity index (χ2n) is 6.52. The molecule has 28 heavy (non-hydrogen) atoms. The summed E-state index contributed by atoms with van der Waals surface area (Å²) in [6.45, 7) is 3.97. The van der Waals surface area contributed by atoms with Crippen molar-refractivity contribution in [3.05, 3.63) is 75.7 Å². The Balaban J connectivity index is 1.68. The van der Waals surface area contributed by atoms with Crippen LogP contribution < -0.4 is 5.32 Å². The van der Waals surface area contributed by atoms with Crippen LogP contribution >= 0.6 is 11.3 Å². The van der Waals surface area contributed by atoms with E-state index in [1.54, 1.807) is 52.5 Å². The summed E-state index contributed by atoms with van der Waals surface area (Å²) in [6, 6.07) is 12.7. The van der Waals surface area contributed by atoms with Crippen LogP contribution in [0.4, 0.5) is 5.69 Å². The molecule has 0 radical (unpaired) electrons. The van der Waals surface area contributed by atoms with Crippen molar-refractivity contribution in [2.45, 2.75) is 20.4 Å². The monoisotopic (exact) mass is 390 g/mol. The van der Waals surface area contributed by atoms with Gasteiger partial charge in [0, 0.05) is 21.8 Å². The highest BCUT2D eigenvalue weighted by molar-refractivity contribution is 7.09. The molecule has 1 aromatic carbocycles. The average molecular weight is 390 g/mol. The molecule has 3 aromatic heterocycles. The third-order valence-electron chi connectivity index (χ3n) is 4.39. The average Bonchev–Trinajstić information content (AvgIpc) is 3.32. The summed E-state index contributed by atoms with van der Waals surface area (Å²) in [6.07, 6.45) is 1.68. The maximum absolute atomic E-state index is 12.9. The number of ketones is 1. The number of fused-ring (bicyclic) bond motifs is 1. The number of amides is 1. The molecule has 0 saturated heterocycles. The molecule has 4 aromatic rings. The molecule has 6 nitrogen and oxygen atoms in total. The van der Waals surface area contributed by atoms with Gasteiger partial charge >= 0.3 is 0 Å². The predicted octanol–water partition coefficient (Wildman–Crippen LogP) is 4.30. The normalized spacial score (nSPS) is 10.9. The number of pyridine rings is 1. The van der Waals surface area contributed by atoms with E-state index in [9.17, 15) is 9.59 Å². The van der Waals surface area contributed by atoms with Gasteiger partial charge in [-0.15, -0.1) is 11.3 Å².